The summed E-state index contributed by atoms with van der Waals surface area (Å²) in [5.74, 6) is 0.690. The molecule has 0 saturated carbocycles. The van der Waals surface area contributed by atoms with Crippen LogP contribution in [0.1, 0.15) is 53.9 Å². The second-order valence-electron chi connectivity index (χ2n) is 6.36. The molecule has 104 valence electrons. The van der Waals surface area contributed by atoms with E-state index in [0.29, 0.717) is 18.9 Å². The lowest BCUT2D eigenvalue weighted by molar-refractivity contribution is -0.118. The lowest BCUT2D eigenvalue weighted by Crippen LogP contribution is -2.48. The summed E-state index contributed by atoms with van der Waals surface area (Å²) in [5, 5.41) is 0. The summed E-state index contributed by atoms with van der Waals surface area (Å²) in [7, 11) is 0. The second-order valence-corrected chi connectivity index (χ2v) is 6.36. The van der Waals surface area contributed by atoms with Crippen molar-refractivity contribution in [3.63, 3.8) is 0 Å². The van der Waals surface area contributed by atoms with Crippen molar-refractivity contribution in [3.05, 3.63) is 0 Å². The molecule has 0 spiro atoms. The van der Waals surface area contributed by atoms with Crippen molar-refractivity contribution < 1.29 is 14.3 Å². The molecule has 0 aromatic rings. The van der Waals surface area contributed by atoms with Crippen LogP contribution < -0.4 is 0 Å². The number of Topliss-reactive ketones (excluding diaryl/α,β-unsaturated/α-hetero) is 1. The van der Waals surface area contributed by atoms with E-state index in [1.165, 1.54) is 0 Å². The third kappa shape index (κ3) is 4.67. The highest BCUT2D eigenvalue weighted by Crippen LogP contribution is 2.26. The number of carbonyl (C=O) groups is 2. The van der Waals surface area contributed by atoms with Crippen molar-refractivity contribution in [1.82, 2.24) is 4.90 Å². The molecule has 0 N–H and O–H groups in total. The predicted octanol–water partition coefficient (Wildman–Crippen LogP) is 3.00. The van der Waals surface area contributed by atoms with Crippen LogP contribution in [-0.4, -0.2) is 35.0 Å². The number of hydrogen-bond acceptors (Lipinski definition) is 3. The van der Waals surface area contributed by atoms with Crippen LogP contribution in [0.25, 0.3) is 0 Å². The summed E-state index contributed by atoms with van der Waals surface area (Å²) < 4.78 is 5.40. The van der Waals surface area contributed by atoms with E-state index in [0.717, 1.165) is 12.8 Å². The highest BCUT2D eigenvalue weighted by atomic mass is 16.6. The van der Waals surface area contributed by atoms with E-state index < -0.39 is 5.60 Å². The number of nitrogens with zero attached hydrogens (tertiary/aromatic N) is 1. The molecule has 1 aliphatic rings. The van der Waals surface area contributed by atoms with E-state index in [1.54, 1.807) is 11.8 Å². The van der Waals surface area contributed by atoms with Crippen LogP contribution in [0.2, 0.25) is 0 Å². The molecule has 0 aromatic carbocycles. The Kier molecular flexibility index (Phi) is 4.77. The molecule has 4 nitrogen and oxygen atoms in total. The Bertz CT molecular complexity index is 319. The summed E-state index contributed by atoms with van der Waals surface area (Å²) in [5.41, 5.74) is -0.485. The Labute approximate surface area is 110 Å². The molecule has 2 atom stereocenters. The maximum atomic E-state index is 12.1. The minimum Gasteiger partial charge on any atom is -0.444 e. The third-order valence-corrected chi connectivity index (χ3v) is 3.13. The van der Waals surface area contributed by atoms with E-state index in [4.69, 9.17) is 4.74 Å². The van der Waals surface area contributed by atoms with Crippen LogP contribution in [0.3, 0.4) is 0 Å². The van der Waals surface area contributed by atoms with Gasteiger partial charge in [0.15, 0.2) is 0 Å². The van der Waals surface area contributed by atoms with Gasteiger partial charge in [-0.3, -0.25) is 4.79 Å². The highest BCUT2D eigenvalue weighted by Gasteiger charge is 2.33. The lowest BCUT2D eigenvalue weighted by atomic mass is 9.90. The quantitative estimate of drug-likeness (QED) is 0.762. The molecule has 1 fully saturated rings. The molecule has 2 unspecified atom stereocenters. The number of likely N-dealkylation sites (tertiary alicyclic amines) is 1. The minimum absolute atomic E-state index is 0.00102. The molecular formula is C14H25NO3. The van der Waals surface area contributed by atoms with Crippen molar-refractivity contribution in [2.24, 2.45) is 5.92 Å². The summed E-state index contributed by atoms with van der Waals surface area (Å²) in [6.07, 6.45) is 2.01. The Morgan fingerprint density at radius 2 is 1.94 bits per heavy atom. The van der Waals surface area contributed by atoms with Gasteiger partial charge < -0.3 is 9.64 Å². The number of carbonyl (C=O) groups excluding carboxylic acids is 2. The number of ketones is 1. The van der Waals surface area contributed by atoms with E-state index in [1.807, 2.05) is 20.8 Å². The summed E-state index contributed by atoms with van der Waals surface area (Å²) in [6.45, 7) is 10.0. The standard InChI is InChI=1S/C14H25NO3/c1-10-6-7-15(12(8-10)9-11(2)16)13(17)18-14(3,4)5/h10,12H,6-9H2,1-5H3. The van der Waals surface area contributed by atoms with E-state index in [2.05, 4.69) is 6.92 Å². The SMILES string of the molecule is CC(=O)CC1CC(C)CCN1C(=O)OC(C)(C)C. The van der Waals surface area contributed by atoms with Gasteiger partial charge in [0.05, 0.1) is 0 Å². The maximum Gasteiger partial charge on any atom is 0.410 e. The van der Waals surface area contributed by atoms with Gasteiger partial charge in [0, 0.05) is 19.0 Å². The fraction of sp³-hybridized carbons (Fsp3) is 0.857. The first-order chi connectivity index (χ1) is 8.19. The fourth-order valence-electron chi connectivity index (χ4n) is 2.34. The highest BCUT2D eigenvalue weighted by molar-refractivity contribution is 5.77. The van der Waals surface area contributed by atoms with Gasteiger partial charge in [-0.25, -0.2) is 4.79 Å². The number of amides is 1. The molecule has 18 heavy (non-hydrogen) atoms. The third-order valence-electron chi connectivity index (χ3n) is 3.13. The summed E-state index contributed by atoms with van der Waals surface area (Å²) in [6, 6.07) is 0.00102. The van der Waals surface area contributed by atoms with Crippen LogP contribution in [0.5, 0.6) is 0 Å². The van der Waals surface area contributed by atoms with Gasteiger partial charge in [-0.05, 0) is 46.5 Å². The molecule has 0 aliphatic carbocycles. The molecule has 1 heterocycles. The fourth-order valence-corrected chi connectivity index (χ4v) is 2.34. The van der Waals surface area contributed by atoms with Crippen LogP contribution >= 0.6 is 0 Å². The van der Waals surface area contributed by atoms with Crippen molar-refractivity contribution in [2.75, 3.05) is 6.54 Å². The molecule has 1 amide bonds. The lowest BCUT2D eigenvalue weighted by Gasteiger charge is -2.38. The first-order valence-electron chi connectivity index (χ1n) is 6.68. The van der Waals surface area contributed by atoms with Crippen molar-refractivity contribution >= 4 is 11.9 Å². The number of ether oxygens (including phenoxy) is 1. The molecular weight excluding hydrogens is 230 g/mol. The topological polar surface area (TPSA) is 46.6 Å². The largest absolute Gasteiger partial charge is 0.444 e. The molecule has 0 bridgehead atoms. The molecule has 0 aromatic heterocycles. The van der Waals surface area contributed by atoms with Crippen LogP contribution in [0.4, 0.5) is 4.79 Å². The van der Waals surface area contributed by atoms with Gasteiger partial charge in [0.25, 0.3) is 0 Å². The number of rotatable bonds is 2. The molecule has 4 heteroatoms. The molecule has 0 radical (unpaired) electrons. The van der Waals surface area contributed by atoms with Crippen molar-refractivity contribution in [3.8, 4) is 0 Å². The Hall–Kier alpha value is -1.06. The predicted molar refractivity (Wildman–Crippen MR) is 70.4 cm³/mol. The Morgan fingerprint density at radius 3 is 2.44 bits per heavy atom. The van der Waals surface area contributed by atoms with Gasteiger partial charge in [-0.2, -0.15) is 0 Å². The van der Waals surface area contributed by atoms with E-state index >= 15 is 0 Å². The van der Waals surface area contributed by atoms with Gasteiger partial charge in [-0.1, -0.05) is 6.92 Å². The smallest absolute Gasteiger partial charge is 0.410 e. The molecule has 1 saturated heterocycles. The van der Waals surface area contributed by atoms with Gasteiger partial charge in [0.1, 0.15) is 11.4 Å². The Morgan fingerprint density at radius 1 is 1.33 bits per heavy atom. The molecule has 1 rings (SSSR count). The van der Waals surface area contributed by atoms with E-state index in [9.17, 15) is 9.59 Å². The first kappa shape index (κ1) is 15.0. The van der Waals surface area contributed by atoms with E-state index in [-0.39, 0.29) is 17.9 Å². The molecule has 1 aliphatic heterocycles. The number of piperidine rings is 1. The monoisotopic (exact) mass is 255 g/mol. The van der Waals surface area contributed by atoms with Crippen molar-refractivity contribution in [1.29, 1.82) is 0 Å². The Balaban J connectivity index is 2.70. The van der Waals surface area contributed by atoms with Gasteiger partial charge in [-0.15, -0.1) is 0 Å². The average molecular weight is 255 g/mol. The van der Waals surface area contributed by atoms with Crippen LogP contribution in [0, 0.1) is 5.92 Å². The normalized spacial score (nSPS) is 24.8. The average Bonchev–Trinajstić information content (AvgIpc) is 2.13. The first-order valence-corrected chi connectivity index (χ1v) is 6.68. The van der Waals surface area contributed by atoms with Crippen LogP contribution in [-0.2, 0) is 9.53 Å². The second kappa shape index (κ2) is 5.72. The van der Waals surface area contributed by atoms with Crippen LogP contribution in [0.15, 0.2) is 0 Å². The minimum atomic E-state index is -0.485. The van der Waals surface area contributed by atoms with Gasteiger partial charge >= 0.3 is 6.09 Å². The van der Waals surface area contributed by atoms with Crippen molar-refractivity contribution in [2.45, 2.75) is 65.5 Å². The zero-order valence-electron chi connectivity index (χ0n) is 12.2. The summed E-state index contributed by atoms with van der Waals surface area (Å²) >= 11 is 0. The summed E-state index contributed by atoms with van der Waals surface area (Å²) in [4.78, 5) is 25.1. The number of hydrogen-bond donors (Lipinski definition) is 0. The zero-order valence-corrected chi connectivity index (χ0v) is 12.2. The maximum absolute atomic E-state index is 12.1. The van der Waals surface area contributed by atoms with Gasteiger partial charge in [0.2, 0.25) is 0 Å². The zero-order chi connectivity index (χ0) is 13.9.